The van der Waals surface area contributed by atoms with Gasteiger partial charge in [0.1, 0.15) is 18.6 Å². The van der Waals surface area contributed by atoms with Gasteiger partial charge in [0.15, 0.2) is 0 Å². The molecular weight excluding hydrogens is 1500 g/mol. The molecule has 0 bridgehead atoms. The quantitative estimate of drug-likeness (QED) is 0.0145. The first kappa shape index (κ1) is 111. The van der Waals surface area contributed by atoms with Crippen molar-refractivity contribution in [2.24, 2.45) is 0 Å². The Morgan fingerprint density at radius 1 is 0.296 bits per heavy atom. The number of unbranched alkanes of at least 4 members (excludes halogenated alkanes) is 44. The zero-order valence-electron chi connectivity index (χ0n) is 74.3. The first-order valence-electron chi connectivity index (χ1n) is 47.0. The lowest BCUT2D eigenvalue weighted by Gasteiger charge is -2.23. The van der Waals surface area contributed by atoms with Crippen LogP contribution in [0.1, 0.15) is 420 Å². The van der Waals surface area contributed by atoms with Crippen LogP contribution >= 0.6 is 15.6 Å². The summed E-state index contributed by atoms with van der Waals surface area (Å²) in [5.41, 5.74) is 0. The van der Waals surface area contributed by atoms with Crippen molar-refractivity contribution in [3.05, 3.63) is 25.3 Å². The fraction of sp³-hybridized carbons (Fsp3) is 0.890. The summed E-state index contributed by atoms with van der Waals surface area (Å²) in [6.45, 7) is 19.1. The number of rotatable bonds is 92. The van der Waals surface area contributed by atoms with Gasteiger partial charge in [-0.1, -0.05) is 336 Å². The molecule has 115 heavy (non-hydrogen) atoms. The van der Waals surface area contributed by atoms with Crippen LogP contribution in [0.3, 0.4) is 0 Å². The summed E-state index contributed by atoms with van der Waals surface area (Å²) >= 11 is 0. The van der Waals surface area contributed by atoms with Crippen molar-refractivity contribution in [1.29, 1.82) is 0 Å². The number of ether oxygens (including phenoxy) is 4. The standard InChI is InChI=1S/C91H174N4O18P2/c1-9-17-23-29-33-37-39-43-45-51-57-63-86(96)94-82(78-104-73-67-84(61-55-49-27-21-13-5)112-90(100)65-59-53-47-41-35-31-25-19-11-3)80-110-114(102,106-71-15-7)108-75-69-92-88(98)77-89(99)93-70-76-109-115(103,107-72-16-8)111-81-83(95-87(97)64-58-52-46-44-40-38-34-30-24-18-10-2)79-105-74-68-85(62-56-50-28-22-14-6)113-91(101)66-60-54-48-42-36-32-26-20-12-4/h15-16,82-85H,7-14,17-81H2,1-6H3,(H,92,98)(H,93,99)(H,94,96)(H,95,97)/t82-,83-,84+,85?,114?,115?/m0/s1. The number of hydrogen-bond acceptors (Lipinski definition) is 18. The highest BCUT2D eigenvalue weighted by Crippen LogP contribution is 2.50. The van der Waals surface area contributed by atoms with E-state index < -0.39 is 46.0 Å². The van der Waals surface area contributed by atoms with Crippen molar-refractivity contribution in [3.8, 4) is 0 Å². The molecule has 0 fully saturated rings. The van der Waals surface area contributed by atoms with Gasteiger partial charge in [0.2, 0.25) is 23.6 Å². The van der Waals surface area contributed by atoms with Crippen LogP contribution in [0.25, 0.3) is 0 Å². The lowest BCUT2D eigenvalue weighted by molar-refractivity contribution is -0.151. The Labute approximate surface area is 702 Å². The van der Waals surface area contributed by atoms with E-state index in [0.717, 1.165) is 154 Å². The highest BCUT2D eigenvalue weighted by Gasteiger charge is 2.31. The van der Waals surface area contributed by atoms with Crippen LogP contribution < -0.4 is 21.3 Å². The first-order chi connectivity index (χ1) is 56.0. The Morgan fingerprint density at radius 3 is 0.835 bits per heavy atom. The SMILES string of the molecule is C=CCOP(=O)(OCCNC(=O)CC(=O)NCCOP(=O)(OCC=C)OC[C@H](COCC[C@@H](CCCCCCC)OC(=O)CCCCCCCCCCC)NC(=O)CCCCCCCCCCCCC)OC[C@H](COCCC(CCCCCCC)OC(=O)CCCCCCCCCCC)NC(=O)CCCCCCCCCCCCC. The summed E-state index contributed by atoms with van der Waals surface area (Å²) in [6, 6.07) is -1.52. The first-order valence-corrected chi connectivity index (χ1v) is 49.9. The van der Waals surface area contributed by atoms with Crippen molar-refractivity contribution in [3.63, 3.8) is 0 Å². The Morgan fingerprint density at radius 2 is 0.557 bits per heavy atom. The van der Waals surface area contributed by atoms with Crippen molar-refractivity contribution in [1.82, 2.24) is 21.3 Å². The van der Waals surface area contributed by atoms with Gasteiger partial charge in [-0.2, -0.15) is 0 Å². The van der Waals surface area contributed by atoms with Crippen LogP contribution in [0, 0.1) is 0 Å². The van der Waals surface area contributed by atoms with Crippen molar-refractivity contribution in [2.75, 3.05) is 79.2 Å². The minimum atomic E-state index is -4.35. The minimum absolute atomic E-state index is 0.00135. The number of carbonyl (C=O) groups excluding carboxylic acids is 6. The van der Waals surface area contributed by atoms with E-state index in [1.807, 2.05) is 0 Å². The fourth-order valence-corrected chi connectivity index (χ4v) is 16.0. The molecule has 0 aromatic heterocycles. The van der Waals surface area contributed by atoms with Crippen LogP contribution in [0.4, 0.5) is 0 Å². The Hall–Kier alpha value is -3.56. The molecule has 6 atom stereocenters. The normalized spacial score (nSPS) is 13.6. The van der Waals surface area contributed by atoms with E-state index >= 15 is 0 Å². The molecule has 0 saturated carbocycles. The van der Waals surface area contributed by atoms with Gasteiger partial charge in [-0.25, -0.2) is 9.13 Å². The van der Waals surface area contributed by atoms with Crippen LogP contribution in [0.2, 0.25) is 0 Å². The van der Waals surface area contributed by atoms with Gasteiger partial charge in [-0.3, -0.25) is 55.9 Å². The molecule has 0 aliphatic rings. The van der Waals surface area contributed by atoms with Crippen LogP contribution in [0.15, 0.2) is 25.3 Å². The number of carbonyl (C=O) groups is 6. The molecule has 0 rings (SSSR count). The maximum absolute atomic E-state index is 14.2. The molecule has 0 aliphatic carbocycles. The molecule has 4 amide bonds. The van der Waals surface area contributed by atoms with Gasteiger partial charge in [0, 0.05) is 51.6 Å². The summed E-state index contributed by atoms with van der Waals surface area (Å²) in [7, 11) is -8.69. The van der Waals surface area contributed by atoms with Gasteiger partial charge in [0.05, 0.1) is 78.2 Å². The maximum Gasteiger partial charge on any atom is 0.475 e. The fourth-order valence-electron chi connectivity index (χ4n) is 13.6. The lowest BCUT2D eigenvalue weighted by atomic mass is 10.1. The molecule has 676 valence electrons. The number of esters is 2. The second-order valence-corrected chi connectivity index (χ2v) is 35.1. The Kier molecular flexibility index (Phi) is 81.5. The second-order valence-electron chi connectivity index (χ2n) is 31.8. The van der Waals surface area contributed by atoms with E-state index in [0.29, 0.717) is 51.4 Å². The summed E-state index contributed by atoms with van der Waals surface area (Å²) in [5, 5.41) is 11.2. The summed E-state index contributed by atoms with van der Waals surface area (Å²) in [4.78, 5) is 79.4. The lowest BCUT2D eigenvalue weighted by Crippen LogP contribution is -2.41. The Balaban J connectivity index is 5.92. The van der Waals surface area contributed by atoms with Gasteiger partial charge in [-0.05, 0) is 51.4 Å². The van der Waals surface area contributed by atoms with Crippen molar-refractivity contribution in [2.45, 2.75) is 445 Å². The molecule has 3 unspecified atom stereocenters. The van der Waals surface area contributed by atoms with E-state index in [-0.39, 0.29) is 115 Å². The number of phosphoric acid groups is 2. The molecule has 0 aromatic carbocycles. The van der Waals surface area contributed by atoms with Crippen molar-refractivity contribution >= 4 is 51.2 Å². The van der Waals surface area contributed by atoms with E-state index in [1.54, 1.807) is 0 Å². The molecule has 0 aliphatic heterocycles. The van der Waals surface area contributed by atoms with Crippen LogP contribution in [0.5, 0.6) is 0 Å². The number of amides is 4. The van der Waals surface area contributed by atoms with E-state index in [1.165, 1.54) is 179 Å². The van der Waals surface area contributed by atoms with Crippen LogP contribution in [-0.2, 0) is 84.0 Å². The monoisotopic (exact) mass is 1670 g/mol. The molecule has 0 aromatic rings. The predicted octanol–water partition coefficient (Wildman–Crippen LogP) is 23.9. The third-order valence-corrected chi connectivity index (χ3v) is 23.5. The molecule has 0 saturated heterocycles. The molecule has 0 radical (unpaired) electrons. The molecule has 0 spiro atoms. The smallest absolute Gasteiger partial charge is 0.462 e. The zero-order chi connectivity index (χ0) is 84.3. The zero-order valence-corrected chi connectivity index (χ0v) is 76.1. The molecule has 22 nitrogen and oxygen atoms in total. The maximum atomic E-state index is 14.2. The molecule has 24 heteroatoms. The number of phosphoric ester groups is 2. The van der Waals surface area contributed by atoms with E-state index in [9.17, 15) is 37.9 Å². The highest BCUT2D eigenvalue weighted by atomic mass is 31.2. The van der Waals surface area contributed by atoms with Gasteiger partial charge >= 0.3 is 27.6 Å². The van der Waals surface area contributed by atoms with Crippen molar-refractivity contribution < 1.29 is 84.0 Å². The predicted molar refractivity (Wildman–Crippen MR) is 469 cm³/mol. The number of hydrogen-bond donors (Lipinski definition) is 4. The molecular formula is C91H174N4O18P2. The largest absolute Gasteiger partial charge is 0.475 e. The molecule has 4 N–H and O–H groups in total. The second kappa shape index (κ2) is 84.1. The highest BCUT2D eigenvalue weighted by molar-refractivity contribution is 7.48. The number of nitrogens with one attached hydrogen (secondary N) is 4. The summed E-state index contributed by atoms with van der Waals surface area (Å²) in [5.74, 6) is -2.14. The van der Waals surface area contributed by atoms with Gasteiger partial charge in [-0.15, -0.1) is 13.2 Å². The summed E-state index contributed by atoms with van der Waals surface area (Å²) in [6.07, 6.45) is 62.2. The van der Waals surface area contributed by atoms with E-state index in [4.69, 9.17) is 46.1 Å². The third kappa shape index (κ3) is 76.3. The van der Waals surface area contributed by atoms with Gasteiger partial charge in [0.25, 0.3) is 0 Å². The minimum Gasteiger partial charge on any atom is -0.462 e. The van der Waals surface area contributed by atoms with Gasteiger partial charge < -0.3 is 40.2 Å². The topological polar surface area (TPSA) is 277 Å². The third-order valence-electron chi connectivity index (χ3n) is 20.6. The van der Waals surface area contributed by atoms with Crippen LogP contribution in [-0.4, -0.2) is 139 Å². The Bertz CT molecular complexity index is 2240. The average Bonchev–Trinajstić information content (AvgIpc) is 0.888. The van der Waals surface area contributed by atoms with E-state index in [2.05, 4.69) is 76.0 Å². The molecule has 0 heterocycles. The summed E-state index contributed by atoms with van der Waals surface area (Å²) < 4.78 is 87.0. The average molecular weight is 1670 g/mol.